The second-order valence-electron chi connectivity index (χ2n) is 7.06. The average molecular weight is 451 g/mol. The third-order valence-electron chi connectivity index (χ3n) is 5.16. The predicted octanol–water partition coefficient (Wildman–Crippen LogP) is 4.51. The van der Waals surface area contributed by atoms with Crippen LogP contribution in [0.5, 0.6) is 0 Å². The molecule has 0 aromatic heterocycles. The Balaban J connectivity index is 2.09. The van der Waals surface area contributed by atoms with Crippen molar-refractivity contribution in [1.29, 1.82) is 0 Å². The van der Waals surface area contributed by atoms with Gasteiger partial charge in [0.05, 0.1) is 10.5 Å². The van der Waals surface area contributed by atoms with E-state index in [0.717, 1.165) is 11.4 Å². The molecule has 0 fully saturated rings. The number of allylic oxidation sites excluding steroid dienone is 3. The van der Waals surface area contributed by atoms with E-state index in [0.29, 0.717) is 41.8 Å². The van der Waals surface area contributed by atoms with Gasteiger partial charge >= 0.3 is 5.97 Å². The highest BCUT2D eigenvalue weighted by molar-refractivity contribution is 7.99. The third kappa shape index (κ3) is 4.54. The van der Waals surface area contributed by atoms with Gasteiger partial charge in [-0.05, 0) is 37.1 Å². The van der Waals surface area contributed by atoms with E-state index in [4.69, 9.17) is 16.3 Å². The Bertz CT molecular complexity index is 957. The van der Waals surface area contributed by atoms with Crippen molar-refractivity contribution in [2.24, 2.45) is 0 Å². The topological polar surface area (TPSA) is 98.5 Å². The number of carbonyl (C=O) groups excluding carboxylic acids is 2. The molecular formula is C21H23ClN2O5S. The fraction of sp³-hybridized carbons (Fsp3) is 0.429. The van der Waals surface area contributed by atoms with Gasteiger partial charge in [-0.15, -0.1) is 0 Å². The lowest BCUT2D eigenvalue weighted by Gasteiger charge is -2.34. The van der Waals surface area contributed by atoms with E-state index in [1.807, 2.05) is 6.92 Å². The first-order valence-electron chi connectivity index (χ1n) is 9.77. The number of nitro groups is 1. The second-order valence-corrected chi connectivity index (χ2v) is 8.86. The van der Waals surface area contributed by atoms with E-state index < -0.39 is 16.8 Å². The molecule has 1 aromatic rings. The number of non-ortho nitro benzene ring substituents is 1. The summed E-state index contributed by atoms with van der Waals surface area (Å²) in [6.45, 7) is 4.01. The van der Waals surface area contributed by atoms with Crippen LogP contribution in [0.2, 0.25) is 5.02 Å². The molecule has 0 bridgehead atoms. The van der Waals surface area contributed by atoms with Gasteiger partial charge in [0.1, 0.15) is 6.61 Å². The van der Waals surface area contributed by atoms with Crippen molar-refractivity contribution < 1.29 is 19.2 Å². The second kappa shape index (κ2) is 9.66. The number of hydrogen-bond acceptors (Lipinski definition) is 7. The highest BCUT2D eigenvalue weighted by Gasteiger charge is 2.40. The standard InChI is InChI=1S/C21H23ClN2O5S/c1-3-30-10-9-29-21(26)18-12(2)23-16-5-4-6-17(25)20(16)19(18)14-11-13(24(27)28)7-8-15(14)22/h7-8,11,19,23H,3-6,9-10H2,1-2H3/t19-/m1/s1. The number of hydrogen-bond donors (Lipinski definition) is 1. The first-order chi connectivity index (χ1) is 14.3. The molecule has 1 aromatic carbocycles. The molecule has 0 unspecified atom stereocenters. The maximum atomic E-state index is 13.0. The van der Waals surface area contributed by atoms with Crippen molar-refractivity contribution in [3.63, 3.8) is 0 Å². The highest BCUT2D eigenvalue weighted by Crippen LogP contribution is 2.45. The lowest BCUT2D eigenvalue weighted by molar-refractivity contribution is -0.384. The van der Waals surface area contributed by atoms with Crippen LogP contribution in [0.3, 0.4) is 0 Å². The van der Waals surface area contributed by atoms with E-state index in [2.05, 4.69) is 5.32 Å². The van der Waals surface area contributed by atoms with Crippen LogP contribution in [-0.4, -0.2) is 34.8 Å². The molecule has 9 heteroatoms. The van der Waals surface area contributed by atoms with Gasteiger partial charge < -0.3 is 10.1 Å². The van der Waals surface area contributed by atoms with Crippen LogP contribution in [0.4, 0.5) is 5.69 Å². The quantitative estimate of drug-likeness (QED) is 0.282. The number of ether oxygens (including phenoxy) is 1. The average Bonchev–Trinajstić information content (AvgIpc) is 2.70. The number of carbonyl (C=O) groups is 2. The third-order valence-corrected chi connectivity index (χ3v) is 6.37. The number of esters is 1. The van der Waals surface area contributed by atoms with Gasteiger partial charge in [-0.1, -0.05) is 18.5 Å². The number of halogens is 1. The molecule has 3 rings (SSSR count). The van der Waals surface area contributed by atoms with E-state index in [1.165, 1.54) is 18.2 Å². The van der Waals surface area contributed by atoms with Crippen molar-refractivity contribution >= 4 is 40.8 Å². The van der Waals surface area contributed by atoms with Crippen molar-refractivity contribution in [2.75, 3.05) is 18.1 Å². The van der Waals surface area contributed by atoms with Gasteiger partial charge in [0.2, 0.25) is 0 Å². The Morgan fingerprint density at radius 3 is 2.87 bits per heavy atom. The Morgan fingerprint density at radius 1 is 1.40 bits per heavy atom. The summed E-state index contributed by atoms with van der Waals surface area (Å²) in [6, 6.07) is 4.08. The first kappa shape index (κ1) is 22.4. The summed E-state index contributed by atoms with van der Waals surface area (Å²) in [5.41, 5.74) is 2.25. The minimum atomic E-state index is -0.798. The minimum absolute atomic E-state index is 0.0874. The van der Waals surface area contributed by atoms with E-state index in [9.17, 15) is 19.7 Å². The number of nitrogens with zero attached hydrogens (tertiary/aromatic N) is 1. The summed E-state index contributed by atoms with van der Waals surface area (Å²) >= 11 is 8.07. The fourth-order valence-electron chi connectivity index (χ4n) is 3.85. The molecule has 7 nitrogen and oxygen atoms in total. The number of thioether (sulfide) groups is 1. The molecule has 0 amide bonds. The van der Waals surface area contributed by atoms with E-state index in [-0.39, 0.29) is 28.7 Å². The summed E-state index contributed by atoms with van der Waals surface area (Å²) in [5, 5.41) is 14.8. The fourth-order valence-corrected chi connectivity index (χ4v) is 4.56. The van der Waals surface area contributed by atoms with Crippen LogP contribution >= 0.6 is 23.4 Å². The van der Waals surface area contributed by atoms with Gasteiger partial charge in [0.25, 0.3) is 5.69 Å². The van der Waals surface area contributed by atoms with Crippen molar-refractivity contribution in [1.82, 2.24) is 5.32 Å². The molecule has 0 radical (unpaired) electrons. The van der Waals surface area contributed by atoms with E-state index in [1.54, 1.807) is 18.7 Å². The smallest absolute Gasteiger partial charge is 0.336 e. The molecule has 0 saturated heterocycles. The largest absolute Gasteiger partial charge is 0.461 e. The summed E-state index contributed by atoms with van der Waals surface area (Å²) in [4.78, 5) is 36.7. The molecule has 1 aliphatic carbocycles. The molecular weight excluding hydrogens is 428 g/mol. The number of ketones is 1. The number of benzene rings is 1. The zero-order chi connectivity index (χ0) is 21.8. The number of dihydropyridines is 1. The molecule has 1 aliphatic heterocycles. The molecule has 0 saturated carbocycles. The summed E-state index contributed by atoms with van der Waals surface area (Å²) < 4.78 is 5.47. The lowest BCUT2D eigenvalue weighted by Crippen LogP contribution is -2.34. The molecule has 30 heavy (non-hydrogen) atoms. The summed E-state index contributed by atoms with van der Waals surface area (Å²) in [5.74, 6) is 0.145. The van der Waals surface area contributed by atoms with E-state index >= 15 is 0 Å². The van der Waals surface area contributed by atoms with Crippen molar-refractivity contribution in [2.45, 2.75) is 39.0 Å². The molecule has 160 valence electrons. The van der Waals surface area contributed by atoms with Crippen LogP contribution in [0.25, 0.3) is 0 Å². The number of nitro benzene ring substituents is 1. The van der Waals surface area contributed by atoms with Crippen LogP contribution in [0.15, 0.2) is 40.7 Å². The van der Waals surface area contributed by atoms with Crippen LogP contribution in [0.1, 0.15) is 44.6 Å². The van der Waals surface area contributed by atoms with Gasteiger partial charge in [-0.3, -0.25) is 14.9 Å². The van der Waals surface area contributed by atoms with Crippen molar-refractivity contribution in [3.8, 4) is 0 Å². The van der Waals surface area contributed by atoms with Gasteiger partial charge in [0, 0.05) is 52.2 Å². The molecule has 1 heterocycles. The molecule has 2 aliphatic rings. The van der Waals surface area contributed by atoms with Crippen LogP contribution in [-0.2, 0) is 14.3 Å². The van der Waals surface area contributed by atoms with Crippen LogP contribution < -0.4 is 5.32 Å². The summed E-state index contributed by atoms with van der Waals surface area (Å²) in [6.07, 6.45) is 1.73. The van der Waals surface area contributed by atoms with Gasteiger partial charge in [-0.2, -0.15) is 11.8 Å². The Hall–Kier alpha value is -2.32. The molecule has 1 atom stereocenters. The maximum absolute atomic E-state index is 13.0. The number of rotatable bonds is 7. The number of Topliss-reactive ketones (excluding diaryl/α,β-unsaturated/α-hetero) is 1. The Labute approximate surface area is 184 Å². The Kier molecular flexibility index (Phi) is 7.20. The molecule has 1 N–H and O–H groups in total. The highest BCUT2D eigenvalue weighted by atomic mass is 35.5. The predicted molar refractivity (Wildman–Crippen MR) is 117 cm³/mol. The Morgan fingerprint density at radius 2 is 2.17 bits per heavy atom. The van der Waals surface area contributed by atoms with Gasteiger partial charge in [0.15, 0.2) is 5.78 Å². The minimum Gasteiger partial charge on any atom is -0.461 e. The first-order valence-corrected chi connectivity index (χ1v) is 11.3. The molecule has 0 spiro atoms. The van der Waals surface area contributed by atoms with Crippen molar-refractivity contribution in [3.05, 3.63) is 61.4 Å². The maximum Gasteiger partial charge on any atom is 0.336 e. The zero-order valence-corrected chi connectivity index (χ0v) is 18.4. The van der Waals surface area contributed by atoms with Gasteiger partial charge in [-0.25, -0.2) is 4.79 Å². The summed E-state index contributed by atoms with van der Waals surface area (Å²) in [7, 11) is 0. The SMILES string of the molecule is CCSCCOC(=O)C1=C(C)NC2=C(C(=O)CCC2)[C@@H]1c1cc([N+](=O)[O-])ccc1Cl. The lowest BCUT2D eigenvalue weighted by atomic mass is 9.75. The normalized spacial score (nSPS) is 18.8. The number of nitrogens with one attached hydrogen (secondary N) is 1. The monoisotopic (exact) mass is 450 g/mol. The zero-order valence-electron chi connectivity index (χ0n) is 16.8. The van der Waals surface area contributed by atoms with Crippen LogP contribution in [0, 0.1) is 10.1 Å².